The van der Waals surface area contributed by atoms with E-state index in [1.54, 1.807) is 13.8 Å². The number of hydrogen-bond donors (Lipinski definition) is 2. The Bertz CT molecular complexity index is 972. The smallest absolute Gasteiger partial charge is 0.328 e. The number of ether oxygens (including phenoxy) is 2. The van der Waals surface area contributed by atoms with E-state index in [0.717, 1.165) is 44.6 Å². The lowest BCUT2D eigenvalue weighted by molar-refractivity contribution is -0.146. The van der Waals surface area contributed by atoms with Crippen molar-refractivity contribution in [1.29, 1.82) is 0 Å². The van der Waals surface area contributed by atoms with Gasteiger partial charge in [-0.25, -0.2) is 9.18 Å². The van der Waals surface area contributed by atoms with Gasteiger partial charge in [-0.1, -0.05) is 25.4 Å². The second-order valence-corrected chi connectivity index (χ2v) is 9.53. The molecule has 0 saturated heterocycles. The van der Waals surface area contributed by atoms with Gasteiger partial charge < -0.3 is 20.1 Å². The average Bonchev–Trinajstić information content (AvgIpc) is 3.32. The summed E-state index contributed by atoms with van der Waals surface area (Å²) in [7, 11) is 1.26. The number of nitrogens with one attached hydrogen (secondary N) is 2. The molecule has 2 amide bonds. The van der Waals surface area contributed by atoms with Gasteiger partial charge in [-0.2, -0.15) is 0 Å². The van der Waals surface area contributed by atoms with E-state index in [0.29, 0.717) is 24.2 Å². The quantitative estimate of drug-likeness (QED) is 0.500. The highest BCUT2D eigenvalue weighted by Crippen LogP contribution is 2.34. The van der Waals surface area contributed by atoms with Gasteiger partial charge in [0.15, 0.2) is 0 Å². The molecule has 7 nitrogen and oxygen atoms in total. The van der Waals surface area contributed by atoms with Gasteiger partial charge in [-0.05, 0) is 63.4 Å². The maximum atomic E-state index is 14.6. The normalized spacial score (nSPS) is 17.5. The second kappa shape index (κ2) is 11.7. The summed E-state index contributed by atoms with van der Waals surface area (Å²) in [4.78, 5) is 38.1. The van der Waals surface area contributed by atoms with Crippen molar-refractivity contribution in [3.05, 3.63) is 34.1 Å². The molecule has 0 heterocycles. The molecule has 0 bridgehead atoms. The summed E-state index contributed by atoms with van der Waals surface area (Å²) in [6.07, 6.45) is 6.19. The van der Waals surface area contributed by atoms with Crippen molar-refractivity contribution in [1.82, 2.24) is 5.32 Å². The molecule has 1 aromatic carbocycles. The monoisotopic (exact) mass is 494 g/mol. The van der Waals surface area contributed by atoms with Crippen LogP contribution in [0.25, 0.3) is 0 Å². The van der Waals surface area contributed by atoms with Crippen LogP contribution < -0.4 is 15.4 Å². The van der Waals surface area contributed by atoms with E-state index in [9.17, 15) is 18.8 Å². The zero-order valence-corrected chi connectivity index (χ0v) is 20.6. The minimum Gasteiger partial charge on any atom is -0.489 e. The summed E-state index contributed by atoms with van der Waals surface area (Å²) in [5, 5.41) is 5.42. The number of methoxy groups -OCH3 is 1. The maximum absolute atomic E-state index is 14.6. The van der Waals surface area contributed by atoms with E-state index < -0.39 is 29.6 Å². The van der Waals surface area contributed by atoms with Crippen molar-refractivity contribution >= 4 is 35.1 Å². The average molecular weight is 495 g/mol. The SMILES string of the molecule is COC(=O)C(NC(=O)C1=C(C(=O)Nc2cc(OC3CCCC3)c(Cl)cc2F)CCCC1)C(C)C. The zero-order valence-electron chi connectivity index (χ0n) is 19.8. The molecule has 0 radical (unpaired) electrons. The third-order valence-electron chi connectivity index (χ3n) is 6.29. The fourth-order valence-corrected chi connectivity index (χ4v) is 4.55. The first-order valence-corrected chi connectivity index (χ1v) is 12.2. The van der Waals surface area contributed by atoms with Gasteiger partial charge in [0.2, 0.25) is 5.91 Å². The standard InChI is InChI=1S/C25H32ClFN2O5/c1-14(2)22(25(32)33-3)29-24(31)17-11-7-6-10-16(17)23(30)28-20-13-21(18(26)12-19(20)27)34-15-8-4-5-9-15/h12-15,22H,4-11H2,1-3H3,(H,28,30)(H,29,31). The van der Waals surface area contributed by atoms with Gasteiger partial charge in [0, 0.05) is 17.2 Å². The summed E-state index contributed by atoms with van der Waals surface area (Å²) >= 11 is 6.16. The number of rotatable bonds is 8. The van der Waals surface area contributed by atoms with Crippen LogP contribution in [0.1, 0.15) is 65.2 Å². The molecule has 1 atom stereocenters. The Hall–Kier alpha value is -2.61. The third-order valence-corrected chi connectivity index (χ3v) is 6.59. The van der Waals surface area contributed by atoms with Crippen molar-refractivity contribution in [3.8, 4) is 5.75 Å². The number of hydrogen-bond acceptors (Lipinski definition) is 5. The van der Waals surface area contributed by atoms with Crippen LogP contribution in [0, 0.1) is 11.7 Å². The Balaban J connectivity index is 1.81. The molecule has 1 fully saturated rings. The van der Waals surface area contributed by atoms with Gasteiger partial charge in [0.1, 0.15) is 17.6 Å². The molecule has 2 aliphatic carbocycles. The fourth-order valence-electron chi connectivity index (χ4n) is 4.36. The molecule has 2 N–H and O–H groups in total. The molecule has 1 aromatic rings. The third kappa shape index (κ3) is 6.29. The number of benzene rings is 1. The topological polar surface area (TPSA) is 93.7 Å². The highest BCUT2D eigenvalue weighted by atomic mass is 35.5. The molecule has 0 aromatic heterocycles. The Labute approximate surface area is 204 Å². The molecule has 34 heavy (non-hydrogen) atoms. The van der Waals surface area contributed by atoms with Gasteiger partial charge in [0.25, 0.3) is 5.91 Å². The lowest BCUT2D eigenvalue weighted by Gasteiger charge is -2.24. The van der Waals surface area contributed by atoms with Crippen molar-refractivity contribution in [3.63, 3.8) is 0 Å². The van der Waals surface area contributed by atoms with Crippen molar-refractivity contribution < 1.29 is 28.2 Å². The molecule has 2 aliphatic rings. The molecule has 9 heteroatoms. The molecule has 1 unspecified atom stereocenters. The molecular formula is C25H32ClFN2O5. The number of halogens is 2. The number of carbonyl (C=O) groups excluding carboxylic acids is 3. The van der Waals surface area contributed by atoms with Crippen molar-refractivity contribution in [2.45, 2.75) is 77.4 Å². The lowest BCUT2D eigenvalue weighted by Crippen LogP contribution is -2.46. The molecule has 0 aliphatic heterocycles. The molecular weight excluding hydrogens is 463 g/mol. The Kier molecular flexibility index (Phi) is 8.94. The lowest BCUT2D eigenvalue weighted by atomic mass is 9.90. The van der Waals surface area contributed by atoms with Crippen LogP contribution in [0.2, 0.25) is 5.02 Å². The summed E-state index contributed by atoms with van der Waals surface area (Å²) in [5.74, 6) is -2.17. The van der Waals surface area contributed by atoms with E-state index in [4.69, 9.17) is 21.1 Å². The fraction of sp³-hybridized carbons (Fsp3) is 0.560. The summed E-state index contributed by atoms with van der Waals surface area (Å²) in [6, 6.07) is 1.68. The van der Waals surface area contributed by atoms with Crippen LogP contribution in [-0.4, -0.2) is 37.0 Å². The number of esters is 1. The highest BCUT2D eigenvalue weighted by Gasteiger charge is 2.30. The maximum Gasteiger partial charge on any atom is 0.328 e. The Morgan fingerprint density at radius 2 is 1.65 bits per heavy atom. The van der Waals surface area contributed by atoms with E-state index in [1.165, 1.54) is 13.2 Å². The molecule has 3 rings (SSSR count). The summed E-state index contributed by atoms with van der Waals surface area (Å²) in [5.41, 5.74) is 0.522. The van der Waals surface area contributed by atoms with Crippen LogP contribution >= 0.6 is 11.6 Å². The molecule has 186 valence electrons. The predicted octanol–water partition coefficient (Wildman–Crippen LogP) is 4.92. The zero-order chi connectivity index (χ0) is 24.8. The van der Waals surface area contributed by atoms with Gasteiger partial charge in [0.05, 0.1) is 23.9 Å². The van der Waals surface area contributed by atoms with Gasteiger partial charge in [-0.3, -0.25) is 9.59 Å². The van der Waals surface area contributed by atoms with Crippen LogP contribution in [0.3, 0.4) is 0 Å². The first-order chi connectivity index (χ1) is 16.2. The summed E-state index contributed by atoms with van der Waals surface area (Å²) < 4.78 is 25.3. The van der Waals surface area contributed by atoms with Crippen molar-refractivity contribution in [2.24, 2.45) is 5.92 Å². The largest absolute Gasteiger partial charge is 0.489 e. The van der Waals surface area contributed by atoms with Crippen LogP contribution in [0.15, 0.2) is 23.3 Å². The Morgan fingerprint density at radius 1 is 1.03 bits per heavy atom. The second-order valence-electron chi connectivity index (χ2n) is 9.12. The van der Waals surface area contributed by atoms with Crippen LogP contribution in [0.5, 0.6) is 5.75 Å². The van der Waals surface area contributed by atoms with E-state index in [-0.39, 0.29) is 28.3 Å². The predicted molar refractivity (Wildman–Crippen MR) is 127 cm³/mol. The first-order valence-electron chi connectivity index (χ1n) is 11.8. The van der Waals surface area contributed by atoms with Crippen molar-refractivity contribution in [2.75, 3.05) is 12.4 Å². The number of amides is 2. The highest BCUT2D eigenvalue weighted by molar-refractivity contribution is 6.32. The van der Waals surface area contributed by atoms with Gasteiger partial charge in [-0.15, -0.1) is 0 Å². The molecule has 1 saturated carbocycles. The minimum atomic E-state index is -0.833. The van der Waals surface area contributed by atoms with E-state index in [1.807, 2.05) is 0 Å². The van der Waals surface area contributed by atoms with Crippen LogP contribution in [-0.2, 0) is 19.1 Å². The van der Waals surface area contributed by atoms with Gasteiger partial charge >= 0.3 is 5.97 Å². The Morgan fingerprint density at radius 3 is 2.24 bits per heavy atom. The summed E-state index contributed by atoms with van der Waals surface area (Å²) in [6.45, 7) is 3.58. The van der Waals surface area contributed by atoms with E-state index >= 15 is 0 Å². The number of carbonyl (C=O) groups is 3. The number of anilines is 1. The molecule has 0 spiro atoms. The first kappa shape index (κ1) is 26.0. The minimum absolute atomic E-state index is 0.0200. The van der Waals surface area contributed by atoms with Crippen LogP contribution in [0.4, 0.5) is 10.1 Å². The van der Waals surface area contributed by atoms with E-state index in [2.05, 4.69) is 10.6 Å².